The number of thiophene rings is 1. The molecule has 1 N–H and O–H groups in total. The second kappa shape index (κ2) is 8.85. The molecule has 0 spiro atoms. The summed E-state index contributed by atoms with van der Waals surface area (Å²) in [5.41, 5.74) is 3.54. The van der Waals surface area contributed by atoms with E-state index in [9.17, 15) is 13.2 Å². The second-order valence-electron chi connectivity index (χ2n) is 7.58. The molecule has 2 heterocycles. The molecule has 1 aromatic heterocycles. The van der Waals surface area contributed by atoms with Gasteiger partial charge in [-0.05, 0) is 55.8 Å². The zero-order valence-electron chi connectivity index (χ0n) is 17.4. The molecule has 1 aromatic carbocycles. The van der Waals surface area contributed by atoms with Gasteiger partial charge >= 0.3 is 0 Å². The van der Waals surface area contributed by atoms with Crippen molar-refractivity contribution in [1.29, 1.82) is 0 Å². The van der Waals surface area contributed by atoms with Crippen LogP contribution in [0, 0.1) is 13.8 Å². The van der Waals surface area contributed by atoms with Crippen LogP contribution in [0.25, 0.3) is 0 Å². The SMILES string of the molecule is CC[C@@H](C)NC(=O)c1sccc1S(=O)(=O)N1CCN(c2cc(C)ccc2C)CC1. The fourth-order valence-electron chi connectivity index (χ4n) is 3.43. The van der Waals surface area contributed by atoms with Gasteiger partial charge in [0.15, 0.2) is 0 Å². The number of nitrogens with zero attached hydrogens (tertiary/aromatic N) is 2. The molecule has 1 aliphatic heterocycles. The lowest BCUT2D eigenvalue weighted by Crippen LogP contribution is -2.49. The molecule has 1 saturated heterocycles. The molecule has 8 heteroatoms. The molecule has 0 aliphatic carbocycles. The summed E-state index contributed by atoms with van der Waals surface area (Å²) in [5, 5.41) is 4.54. The Morgan fingerprint density at radius 1 is 1.17 bits per heavy atom. The number of nitrogens with one attached hydrogen (secondary N) is 1. The van der Waals surface area contributed by atoms with Crippen LogP contribution in [0.1, 0.15) is 41.1 Å². The lowest BCUT2D eigenvalue weighted by Gasteiger charge is -2.36. The van der Waals surface area contributed by atoms with E-state index in [1.165, 1.54) is 26.8 Å². The summed E-state index contributed by atoms with van der Waals surface area (Å²) in [7, 11) is -3.70. The zero-order chi connectivity index (χ0) is 21.2. The van der Waals surface area contributed by atoms with Gasteiger partial charge in [0.05, 0.1) is 0 Å². The average Bonchev–Trinajstić information content (AvgIpc) is 3.21. The van der Waals surface area contributed by atoms with Crippen LogP contribution in [-0.4, -0.2) is 50.9 Å². The predicted molar refractivity (Wildman–Crippen MR) is 118 cm³/mol. The van der Waals surface area contributed by atoms with Crippen molar-refractivity contribution in [3.05, 3.63) is 45.6 Å². The van der Waals surface area contributed by atoms with Crippen molar-refractivity contribution >= 4 is 33.0 Å². The maximum atomic E-state index is 13.2. The van der Waals surface area contributed by atoms with Gasteiger partial charge in [0.25, 0.3) is 5.91 Å². The highest BCUT2D eigenvalue weighted by atomic mass is 32.2. The molecule has 3 rings (SSSR count). The molecular weight excluding hydrogens is 406 g/mol. The molecule has 1 atom stereocenters. The van der Waals surface area contributed by atoms with E-state index < -0.39 is 10.0 Å². The third-order valence-electron chi connectivity index (χ3n) is 5.39. The molecule has 29 heavy (non-hydrogen) atoms. The Balaban J connectivity index is 1.75. The quantitative estimate of drug-likeness (QED) is 0.755. The Kier molecular flexibility index (Phi) is 6.65. The van der Waals surface area contributed by atoms with Gasteiger partial charge in [-0.2, -0.15) is 4.31 Å². The number of anilines is 1. The molecule has 1 fully saturated rings. The van der Waals surface area contributed by atoms with Crippen LogP contribution in [0.2, 0.25) is 0 Å². The monoisotopic (exact) mass is 435 g/mol. The summed E-state index contributed by atoms with van der Waals surface area (Å²) in [6.45, 7) is 10.1. The molecule has 2 aromatic rings. The van der Waals surface area contributed by atoms with Crippen LogP contribution in [0.5, 0.6) is 0 Å². The van der Waals surface area contributed by atoms with Crippen molar-refractivity contribution in [2.24, 2.45) is 0 Å². The Labute approximate surface area is 177 Å². The topological polar surface area (TPSA) is 69.7 Å². The summed E-state index contributed by atoms with van der Waals surface area (Å²) in [6, 6.07) is 7.88. The van der Waals surface area contributed by atoms with Gasteiger partial charge in [-0.15, -0.1) is 11.3 Å². The van der Waals surface area contributed by atoms with E-state index in [-0.39, 0.29) is 21.7 Å². The smallest absolute Gasteiger partial charge is 0.262 e. The van der Waals surface area contributed by atoms with E-state index in [0.717, 1.165) is 12.1 Å². The van der Waals surface area contributed by atoms with E-state index in [1.54, 1.807) is 11.4 Å². The van der Waals surface area contributed by atoms with Crippen molar-refractivity contribution in [1.82, 2.24) is 9.62 Å². The number of carbonyl (C=O) groups is 1. The number of aryl methyl sites for hydroxylation is 2. The molecule has 6 nitrogen and oxygen atoms in total. The molecule has 0 saturated carbocycles. The van der Waals surface area contributed by atoms with Crippen molar-refractivity contribution in [3.63, 3.8) is 0 Å². The molecule has 0 radical (unpaired) electrons. The third-order valence-corrected chi connectivity index (χ3v) is 8.37. The minimum Gasteiger partial charge on any atom is -0.369 e. The fourth-order valence-corrected chi connectivity index (χ4v) is 6.15. The van der Waals surface area contributed by atoms with E-state index in [1.807, 2.05) is 13.8 Å². The highest BCUT2D eigenvalue weighted by Gasteiger charge is 2.33. The van der Waals surface area contributed by atoms with Crippen molar-refractivity contribution in [2.75, 3.05) is 31.1 Å². The lowest BCUT2D eigenvalue weighted by atomic mass is 10.1. The number of sulfonamides is 1. The molecular formula is C21H29N3O3S2. The summed E-state index contributed by atoms with van der Waals surface area (Å²) in [6.07, 6.45) is 0.791. The molecule has 0 unspecified atom stereocenters. The van der Waals surface area contributed by atoms with Gasteiger partial charge < -0.3 is 10.2 Å². The van der Waals surface area contributed by atoms with E-state index in [2.05, 4.69) is 42.3 Å². The normalized spacial score (nSPS) is 16.6. The highest BCUT2D eigenvalue weighted by molar-refractivity contribution is 7.89. The number of hydrogen-bond acceptors (Lipinski definition) is 5. The maximum Gasteiger partial charge on any atom is 0.262 e. The minimum absolute atomic E-state index is 0.00117. The first-order valence-electron chi connectivity index (χ1n) is 9.94. The number of rotatable bonds is 6. The number of piperazine rings is 1. The Morgan fingerprint density at radius 3 is 2.52 bits per heavy atom. The van der Waals surface area contributed by atoms with Gasteiger partial charge in [-0.3, -0.25) is 4.79 Å². The summed E-state index contributed by atoms with van der Waals surface area (Å²) in [4.78, 5) is 15.2. The Bertz CT molecular complexity index is 977. The van der Waals surface area contributed by atoms with Crippen molar-refractivity contribution in [2.45, 2.75) is 45.1 Å². The Hall–Kier alpha value is -1.90. The predicted octanol–water partition coefficient (Wildman–Crippen LogP) is 3.40. The molecule has 1 aliphatic rings. The van der Waals surface area contributed by atoms with E-state index in [0.29, 0.717) is 26.2 Å². The summed E-state index contributed by atoms with van der Waals surface area (Å²) < 4.78 is 28.0. The molecule has 158 valence electrons. The van der Waals surface area contributed by atoms with E-state index in [4.69, 9.17) is 0 Å². The summed E-state index contributed by atoms with van der Waals surface area (Å²) in [5.74, 6) is -0.318. The van der Waals surface area contributed by atoms with Crippen molar-refractivity contribution in [3.8, 4) is 0 Å². The van der Waals surface area contributed by atoms with Crippen LogP contribution in [0.4, 0.5) is 5.69 Å². The molecule has 1 amide bonds. The van der Waals surface area contributed by atoms with Gasteiger partial charge in [-0.1, -0.05) is 19.1 Å². The highest BCUT2D eigenvalue weighted by Crippen LogP contribution is 2.28. The first-order valence-corrected chi connectivity index (χ1v) is 12.3. The number of amides is 1. The maximum absolute atomic E-state index is 13.2. The Morgan fingerprint density at radius 2 is 1.86 bits per heavy atom. The van der Waals surface area contributed by atoms with Gasteiger partial charge in [0.1, 0.15) is 9.77 Å². The van der Waals surface area contributed by atoms with Crippen LogP contribution < -0.4 is 10.2 Å². The second-order valence-corrected chi connectivity index (χ2v) is 10.4. The minimum atomic E-state index is -3.70. The van der Waals surface area contributed by atoms with E-state index >= 15 is 0 Å². The first-order chi connectivity index (χ1) is 13.7. The number of carbonyl (C=O) groups excluding carboxylic acids is 1. The molecule has 0 bridgehead atoms. The zero-order valence-corrected chi connectivity index (χ0v) is 19.1. The number of benzene rings is 1. The largest absolute Gasteiger partial charge is 0.369 e. The van der Waals surface area contributed by atoms with Gasteiger partial charge in [0.2, 0.25) is 10.0 Å². The van der Waals surface area contributed by atoms with Gasteiger partial charge in [0, 0.05) is 37.9 Å². The lowest BCUT2D eigenvalue weighted by molar-refractivity contribution is 0.0940. The fraction of sp³-hybridized carbons (Fsp3) is 0.476. The standard InChI is InChI=1S/C21H29N3O3S2/c1-5-17(4)22-21(25)20-19(8-13-28-20)29(26,27)24-11-9-23(10-12-24)18-14-15(2)6-7-16(18)3/h6-8,13-14,17H,5,9-12H2,1-4H3,(H,22,25)/t17-/m1/s1. The third kappa shape index (κ3) is 4.65. The van der Waals surface area contributed by atoms with Gasteiger partial charge in [-0.25, -0.2) is 8.42 Å². The van der Waals surface area contributed by atoms with Crippen LogP contribution >= 0.6 is 11.3 Å². The van der Waals surface area contributed by atoms with Crippen LogP contribution in [-0.2, 0) is 10.0 Å². The first kappa shape index (κ1) is 21.8. The van der Waals surface area contributed by atoms with Crippen LogP contribution in [0.15, 0.2) is 34.5 Å². The van der Waals surface area contributed by atoms with Crippen LogP contribution in [0.3, 0.4) is 0 Å². The average molecular weight is 436 g/mol. The summed E-state index contributed by atoms with van der Waals surface area (Å²) >= 11 is 1.17. The number of hydrogen-bond donors (Lipinski definition) is 1. The van der Waals surface area contributed by atoms with Crippen molar-refractivity contribution < 1.29 is 13.2 Å².